The normalized spacial score (nSPS) is 12.9. The summed E-state index contributed by atoms with van der Waals surface area (Å²) in [4.78, 5) is 11.8. The van der Waals surface area contributed by atoms with Gasteiger partial charge in [-0.25, -0.2) is 8.42 Å². The predicted molar refractivity (Wildman–Crippen MR) is 78.8 cm³/mol. The molecular weight excluding hydrogens is 348 g/mol. The third-order valence-corrected chi connectivity index (χ3v) is 4.54. The van der Waals surface area contributed by atoms with Crippen molar-refractivity contribution in [2.45, 2.75) is 17.9 Å². The van der Waals surface area contributed by atoms with Crippen LogP contribution in [0.25, 0.3) is 0 Å². The Bertz CT molecular complexity index is 545. The molecule has 0 bridgehead atoms. The first kappa shape index (κ1) is 17.1. The maximum atomic E-state index is 12.1. The topological polar surface area (TPSA) is 84.5 Å². The Labute approximate surface area is 127 Å². The Hall–Kier alpha value is -0.960. The van der Waals surface area contributed by atoms with E-state index in [1.54, 1.807) is 12.1 Å². The number of nitrogens with one attached hydrogen (secondary N) is 2. The van der Waals surface area contributed by atoms with E-state index in [9.17, 15) is 13.2 Å². The van der Waals surface area contributed by atoms with Crippen LogP contribution in [0.5, 0.6) is 0 Å². The Balaban J connectivity index is 2.66. The van der Waals surface area contributed by atoms with E-state index in [0.29, 0.717) is 13.2 Å². The summed E-state index contributed by atoms with van der Waals surface area (Å²) in [5.74, 6) is -0.400. The summed E-state index contributed by atoms with van der Waals surface area (Å²) >= 11 is 3.23. The molecule has 1 aromatic rings. The van der Waals surface area contributed by atoms with E-state index in [1.165, 1.54) is 26.2 Å². The highest BCUT2D eigenvalue weighted by atomic mass is 79.9. The van der Waals surface area contributed by atoms with E-state index in [0.717, 1.165) is 4.47 Å². The molecule has 0 aliphatic carbocycles. The zero-order valence-electron chi connectivity index (χ0n) is 11.2. The molecule has 0 saturated heterocycles. The molecule has 0 aromatic heterocycles. The summed E-state index contributed by atoms with van der Waals surface area (Å²) in [6.07, 6.45) is 0. The lowest BCUT2D eigenvalue weighted by molar-refractivity contribution is -0.122. The maximum absolute atomic E-state index is 12.1. The average Bonchev–Trinajstić information content (AvgIpc) is 2.38. The second kappa shape index (κ2) is 7.72. The first-order valence-electron chi connectivity index (χ1n) is 5.91. The van der Waals surface area contributed by atoms with Gasteiger partial charge in [-0.05, 0) is 31.2 Å². The van der Waals surface area contributed by atoms with Gasteiger partial charge in [-0.2, -0.15) is 4.72 Å². The second-order valence-corrected chi connectivity index (χ2v) is 6.71. The number of hydrogen-bond acceptors (Lipinski definition) is 4. The third kappa shape index (κ3) is 5.20. The summed E-state index contributed by atoms with van der Waals surface area (Å²) in [6, 6.07) is 5.31. The van der Waals surface area contributed by atoms with E-state index in [-0.39, 0.29) is 4.90 Å². The van der Waals surface area contributed by atoms with Crippen molar-refractivity contribution in [1.29, 1.82) is 0 Å². The fraction of sp³-hybridized carbons (Fsp3) is 0.417. The van der Waals surface area contributed by atoms with Crippen LogP contribution in [0.15, 0.2) is 33.6 Å². The number of benzene rings is 1. The molecule has 8 heteroatoms. The molecule has 0 fully saturated rings. The molecule has 0 aliphatic heterocycles. The number of rotatable bonds is 7. The Morgan fingerprint density at radius 2 is 1.95 bits per heavy atom. The minimum Gasteiger partial charge on any atom is -0.383 e. The van der Waals surface area contributed by atoms with Gasteiger partial charge in [0.25, 0.3) is 0 Å². The molecular formula is C12H17BrN2O4S. The zero-order chi connectivity index (χ0) is 15.2. The number of amides is 1. The molecule has 1 amide bonds. The van der Waals surface area contributed by atoms with E-state index in [4.69, 9.17) is 4.74 Å². The van der Waals surface area contributed by atoms with Gasteiger partial charge in [0.1, 0.15) is 0 Å². The van der Waals surface area contributed by atoms with E-state index in [1.807, 2.05) is 0 Å². The highest BCUT2D eigenvalue weighted by Gasteiger charge is 2.21. The Kier molecular flexibility index (Phi) is 6.60. The zero-order valence-corrected chi connectivity index (χ0v) is 13.6. The highest BCUT2D eigenvalue weighted by molar-refractivity contribution is 9.10. The van der Waals surface area contributed by atoms with Crippen molar-refractivity contribution >= 4 is 31.9 Å². The Morgan fingerprint density at radius 3 is 2.50 bits per heavy atom. The lowest BCUT2D eigenvalue weighted by atomic mass is 10.3. The van der Waals surface area contributed by atoms with Gasteiger partial charge in [-0.1, -0.05) is 15.9 Å². The quantitative estimate of drug-likeness (QED) is 0.703. The molecule has 20 heavy (non-hydrogen) atoms. The van der Waals surface area contributed by atoms with Gasteiger partial charge < -0.3 is 10.1 Å². The molecule has 0 heterocycles. The van der Waals surface area contributed by atoms with E-state index >= 15 is 0 Å². The van der Waals surface area contributed by atoms with Gasteiger partial charge >= 0.3 is 0 Å². The first-order chi connectivity index (χ1) is 9.36. The van der Waals surface area contributed by atoms with Crippen molar-refractivity contribution in [3.8, 4) is 0 Å². The third-order valence-electron chi connectivity index (χ3n) is 2.45. The molecule has 1 atom stereocenters. The fourth-order valence-corrected chi connectivity index (χ4v) is 2.86. The fourth-order valence-electron chi connectivity index (χ4n) is 1.40. The maximum Gasteiger partial charge on any atom is 0.241 e. The number of hydrogen-bond donors (Lipinski definition) is 2. The van der Waals surface area contributed by atoms with Crippen molar-refractivity contribution in [2.24, 2.45) is 0 Å². The largest absolute Gasteiger partial charge is 0.383 e. The van der Waals surface area contributed by atoms with E-state index < -0.39 is 22.0 Å². The molecule has 6 nitrogen and oxygen atoms in total. The van der Waals surface area contributed by atoms with Crippen LogP contribution in [0.2, 0.25) is 0 Å². The van der Waals surface area contributed by atoms with Crippen molar-refractivity contribution < 1.29 is 17.9 Å². The molecule has 0 unspecified atom stereocenters. The van der Waals surface area contributed by atoms with Gasteiger partial charge in [0.15, 0.2) is 0 Å². The summed E-state index contributed by atoms with van der Waals surface area (Å²) < 4.78 is 32.0. The monoisotopic (exact) mass is 364 g/mol. The molecule has 0 spiro atoms. The van der Waals surface area contributed by atoms with Crippen LogP contribution in [-0.2, 0) is 19.6 Å². The van der Waals surface area contributed by atoms with Gasteiger partial charge in [-0.15, -0.1) is 0 Å². The average molecular weight is 365 g/mol. The number of methoxy groups -OCH3 is 1. The van der Waals surface area contributed by atoms with Crippen molar-refractivity contribution in [2.75, 3.05) is 20.3 Å². The van der Waals surface area contributed by atoms with Gasteiger partial charge in [-0.3, -0.25) is 4.79 Å². The second-order valence-electron chi connectivity index (χ2n) is 4.08. The van der Waals surface area contributed by atoms with Crippen LogP contribution in [-0.4, -0.2) is 40.6 Å². The van der Waals surface area contributed by atoms with Crippen LogP contribution in [0.4, 0.5) is 0 Å². The van der Waals surface area contributed by atoms with Crippen molar-refractivity contribution in [3.63, 3.8) is 0 Å². The van der Waals surface area contributed by atoms with Crippen LogP contribution >= 0.6 is 15.9 Å². The summed E-state index contributed by atoms with van der Waals surface area (Å²) in [5.41, 5.74) is 0. The molecule has 0 aliphatic rings. The standard InChI is InChI=1S/C12H17BrN2O4S/c1-9(12(16)14-7-8-19-2)15-20(17,18)11-5-3-10(13)4-6-11/h3-6,9,15H,7-8H2,1-2H3,(H,14,16)/t9-/m1/s1. The van der Waals surface area contributed by atoms with E-state index in [2.05, 4.69) is 26.0 Å². The van der Waals surface area contributed by atoms with Gasteiger partial charge in [0.05, 0.1) is 17.5 Å². The molecule has 1 rings (SSSR count). The number of carbonyl (C=O) groups excluding carboxylic acids is 1. The SMILES string of the molecule is COCCNC(=O)[C@@H](C)NS(=O)(=O)c1ccc(Br)cc1. The van der Waals surface area contributed by atoms with Crippen LogP contribution in [0.1, 0.15) is 6.92 Å². The minimum atomic E-state index is -3.71. The number of sulfonamides is 1. The van der Waals surface area contributed by atoms with Crippen LogP contribution in [0, 0.1) is 0 Å². The lowest BCUT2D eigenvalue weighted by Gasteiger charge is -2.14. The number of halogens is 1. The molecule has 1 aromatic carbocycles. The minimum absolute atomic E-state index is 0.109. The van der Waals surface area contributed by atoms with Crippen molar-refractivity contribution in [3.05, 3.63) is 28.7 Å². The number of carbonyl (C=O) groups is 1. The highest BCUT2D eigenvalue weighted by Crippen LogP contribution is 2.14. The van der Waals surface area contributed by atoms with Crippen LogP contribution < -0.4 is 10.0 Å². The molecule has 0 saturated carbocycles. The smallest absolute Gasteiger partial charge is 0.241 e. The lowest BCUT2D eigenvalue weighted by Crippen LogP contribution is -2.45. The predicted octanol–water partition coefficient (Wildman–Crippen LogP) is 0.878. The number of ether oxygens (including phenoxy) is 1. The molecule has 2 N–H and O–H groups in total. The summed E-state index contributed by atoms with van der Waals surface area (Å²) in [5, 5.41) is 2.57. The molecule has 0 radical (unpaired) electrons. The molecule has 112 valence electrons. The Morgan fingerprint density at radius 1 is 1.35 bits per heavy atom. The first-order valence-corrected chi connectivity index (χ1v) is 8.19. The summed E-state index contributed by atoms with van der Waals surface area (Å²) in [6.45, 7) is 2.19. The summed E-state index contributed by atoms with van der Waals surface area (Å²) in [7, 11) is -2.20. The van der Waals surface area contributed by atoms with Crippen LogP contribution in [0.3, 0.4) is 0 Å². The van der Waals surface area contributed by atoms with Crippen molar-refractivity contribution in [1.82, 2.24) is 10.0 Å². The van der Waals surface area contributed by atoms with Gasteiger partial charge in [0, 0.05) is 18.1 Å². The van der Waals surface area contributed by atoms with Gasteiger partial charge in [0.2, 0.25) is 15.9 Å².